The fourth-order valence-corrected chi connectivity index (χ4v) is 14.1. The molecule has 0 aliphatic heterocycles. The fourth-order valence-electron chi connectivity index (χ4n) is 14.1. The first-order valence-electron chi connectivity index (χ1n) is 44.4. The second kappa shape index (κ2) is 86.2. The van der Waals surface area contributed by atoms with Gasteiger partial charge in [-0.1, -0.05) is 441 Å². The topological polar surface area (TPSA) is 95.9 Å². The van der Waals surface area contributed by atoms with Gasteiger partial charge < -0.3 is 20.3 Å². The lowest BCUT2D eigenvalue weighted by atomic mass is 10.0. The maximum absolute atomic E-state index is 12.6. The number of carbonyl (C=O) groups is 2. The molecule has 0 aromatic carbocycles. The van der Waals surface area contributed by atoms with Crippen LogP contribution >= 0.6 is 0 Å². The summed E-state index contributed by atoms with van der Waals surface area (Å²) < 4.78 is 5.52. The van der Waals surface area contributed by atoms with Crippen LogP contribution in [-0.2, 0) is 14.3 Å². The molecule has 0 rings (SSSR count). The zero-order chi connectivity index (χ0) is 69.8. The molecule has 2 unspecified atom stereocenters. The van der Waals surface area contributed by atoms with Crippen molar-refractivity contribution < 1.29 is 24.5 Å². The van der Waals surface area contributed by atoms with Gasteiger partial charge in [0.05, 0.1) is 25.4 Å². The predicted octanol–water partition coefficient (Wildman–Crippen LogP) is 29.9. The largest absolute Gasteiger partial charge is 0.466 e. The number of unbranched alkanes of at least 4 members (excludes halogenated alkanes) is 67. The number of aliphatic hydroxyl groups is 2. The van der Waals surface area contributed by atoms with E-state index in [-0.39, 0.29) is 18.5 Å². The highest BCUT2D eigenvalue weighted by Gasteiger charge is 2.18. The number of hydrogen-bond donors (Lipinski definition) is 3. The number of hydrogen-bond acceptors (Lipinski definition) is 5. The molecule has 2 atom stereocenters. The third-order valence-electron chi connectivity index (χ3n) is 20.8. The van der Waals surface area contributed by atoms with E-state index in [1.807, 2.05) is 6.08 Å². The summed E-state index contributed by atoms with van der Waals surface area (Å²) >= 11 is 0. The summed E-state index contributed by atoms with van der Waals surface area (Å²) in [6.45, 7) is 4.96. The Morgan fingerprint density at radius 2 is 0.515 bits per heavy atom. The molecule has 0 aromatic rings. The minimum absolute atomic E-state index is 0.0181. The van der Waals surface area contributed by atoms with Crippen molar-refractivity contribution in [2.45, 2.75) is 508 Å². The van der Waals surface area contributed by atoms with Crippen molar-refractivity contribution in [1.82, 2.24) is 5.32 Å². The van der Waals surface area contributed by atoms with Crippen LogP contribution in [0.4, 0.5) is 0 Å². The molecule has 6 heteroatoms. The number of ether oxygens (including phenoxy) is 1. The van der Waals surface area contributed by atoms with E-state index in [2.05, 4.69) is 55.6 Å². The van der Waals surface area contributed by atoms with Gasteiger partial charge in [0.15, 0.2) is 0 Å². The van der Waals surface area contributed by atoms with Gasteiger partial charge in [-0.05, 0) is 89.9 Å². The van der Waals surface area contributed by atoms with Gasteiger partial charge in [0.1, 0.15) is 0 Å². The molecule has 0 spiro atoms. The molecule has 0 aromatic heterocycles. The average Bonchev–Trinajstić information content (AvgIpc) is 2.52. The lowest BCUT2D eigenvalue weighted by Gasteiger charge is -2.20. The van der Waals surface area contributed by atoms with E-state index < -0.39 is 12.1 Å². The van der Waals surface area contributed by atoms with Gasteiger partial charge in [-0.25, -0.2) is 0 Å². The highest BCUT2D eigenvalue weighted by Crippen LogP contribution is 2.20. The van der Waals surface area contributed by atoms with Crippen LogP contribution in [0.5, 0.6) is 0 Å². The molecule has 0 fully saturated rings. The maximum Gasteiger partial charge on any atom is 0.305 e. The van der Waals surface area contributed by atoms with Crippen LogP contribution in [0, 0.1) is 0 Å². The van der Waals surface area contributed by atoms with E-state index in [4.69, 9.17) is 4.74 Å². The van der Waals surface area contributed by atoms with Crippen LogP contribution in [0.25, 0.3) is 0 Å². The quantitative estimate of drug-likeness (QED) is 0.0320. The Balaban J connectivity index is 3.37. The van der Waals surface area contributed by atoms with Crippen molar-refractivity contribution in [2.24, 2.45) is 0 Å². The molecule has 0 aliphatic rings. The maximum atomic E-state index is 12.6. The van der Waals surface area contributed by atoms with Gasteiger partial charge in [-0.15, -0.1) is 0 Å². The second-order valence-electron chi connectivity index (χ2n) is 30.6. The zero-order valence-corrected chi connectivity index (χ0v) is 65.8. The van der Waals surface area contributed by atoms with Crippen LogP contribution in [0.3, 0.4) is 0 Å². The van der Waals surface area contributed by atoms with E-state index in [1.165, 1.54) is 417 Å². The summed E-state index contributed by atoms with van der Waals surface area (Å²) in [7, 11) is 0. The Hall–Kier alpha value is -2.18. The summed E-state index contributed by atoms with van der Waals surface area (Å²) in [4.78, 5) is 24.7. The van der Waals surface area contributed by atoms with Crippen molar-refractivity contribution in [3.8, 4) is 0 Å². The van der Waals surface area contributed by atoms with Crippen LogP contribution < -0.4 is 5.32 Å². The van der Waals surface area contributed by atoms with Crippen LogP contribution in [-0.4, -0.2) is 47.4 Å². The molecular formula is C91H173NO5. The first kappa shape index (κ1) is 94.8. The van der Waals surface area contributed by atoms with Crippen LogP contribution in [0.2, 0.25) is 0 Å². The van der Waals surface area contributed by atoms with E-state index in [1.54, 1.807) is 6.08 Å². The fraction of sp³-hybridized carbons (Fsp3) is 0.890. The van der Waals surface area contributed by atoms with Crippen molar-refractivity contribution in [2.75, 3.05) is 13.2 Å². The van der Waals surface area contributed by atoms with Crippen LogP contribution in [0.15, 0.2) is 48.6 Å². The third kappa shape index (κ3) is 82.7. The molecule has 0 aliphatic carbocycles. The third-order valence-corrected chi connectivity index (χ3v) is 20.8. The predicted molar refractivity (Wildman–Crippen MR) is 430 cm³/mol. The summed E-state index contributed by atoms with van der Waals surface area (Å²) in [6, 6.07) is -0.628. The minimum Gasteiger partial charge on any atom is -0.466 e. The SMILES string of the molecule is CCCCCCCCC/C=C\CCCCCCCCCC(=O)OCCCCCCCCCCCCCCCCC/C=C\C/C=C\CCCCCCCCCCCCCCCCCCCC(=O)NC(CO)C(O)/C=C/CCCCCCCCCCCCCCCCCCCCCCC. The Labute approximate surface area is 607 Å². The molecule has 97 heavy (non-hydrogen) atoms. The molecule has 572 valence electrons. The first-order valence-corrected chi connectivity index (χ1v) is 44.4. The van der Waals surface area contributed by atoms with Gasteiger partial charge in [-0.2, -0.15) is 0 Å². The van der Waals surface area contributed by atoms with Crippen molar-refractivity contribution in [3.63, 3.8) is 0 Å². The van der Waals surface area contributed by atoms with Crippen molar-refractivity contribution in [1.29, 1.82) is 0 Å². The van der Waals surface area contributed by atoms with Crippen molar-refractivity contribution in [3.05, 3.63) is 48.6 Å². The highest BCUT2D eigenvalue weighted by atomic mass is 16.5. The van der Waals surface area contributed by atoms with Gasteiger partial charge in [0, 0.05) is 12.8 Å². The minimum atomic E-state index is -0.844. The second-order valence-corrected chi connectivity index (χ2v) is 30.6. The molecule has 0 saturated heterocycles. The van der Waals surface area contributed by atoms with Crippen LogP contribution in [0.1, 0.15) is 495 Å². The number of amides is 1. The molecule has 3 N–H and O–H groups in total. The Morgan fingerprint density at radius 3 is 0.794 bits per heavy atom. The molecule has 1 amide bonds. The monoisotopic (exact) mass is 1360 g/mol. The highest BCUT2D eigenvalue weighted by molar-refractivity contribution is 5.76. The molecule has 0 radical (unpaired) electrons. The molecule has 6 nitrogen and oxygen atoms in total. The lowest BCUT2D eigenvalue weighted by molar-refractivity contribution is -0.143. The van der Waals surface area contributed by atoms with E-state index in [9.17, 15) is 19.8 Å². The Kier molecular flexibility index (Phi) is 84.3. The standard InChI is InChI=1S/C91H173NO5/c1-3-5-7-9-11-13-15-17-19-21-23-24-42-45-48-51-55-59-63-67-71-75-79-83-89(94)88(87-93)92-90(95)84-80-76-72-68-64-60-56-52-49-46-43-40-38-36-34-32-30-28-26-25-27-29-31-33-35-37-39-41-44-47-50-54-58-62-66-70-74-78-82-86-97-91(96)85-81-77-73-69-65-61-57-53-22-20-18-16-14-12-10-8-6-4-2/h20,22,25-26,29,31,79,83,88-89,93-94H,3-19,21,23-24,27-28,30,32-78,80-82,84-87H2,1-2H3,(H,92,95)/b22-20-,26-25-,31-29-,83-79+. The van der Waals surface area contributed by atoms with E-state index in [0.717, 1.165) is 51.4 Å². The first-order chi connectivity index (χ1) is 48.0. The number of carbonyl (C=O) groups excluding carboxylic acids is 2. The number of esters is 1. The number of rotatable bonds is 84. The van der Waals surface area contributed by atoms with Gasteiger partial charge in [0.2, 0.25) is 5.91 Å². The number of nitrogens with one attached hydrogen (secondary N) is 1. The normalized spacial score (nSPS) is 12.7. The lowest BCUT2D eigenvalue weighted by Crippen LogP contribution is -2.45. The van der Waals surface area contributed by atoms with E-state index >= 15 is 0 Å². The smallest absolute Gasteiger partial charge is 0.305 e. The molecule has 0 bridgehead atoms. The molecule has 0 saturated carbocycles. The summed E-state index contributed by atoms with van der Waals surface area (Å²) in [6.07, 6.45) is 116. The van der Waals surface area contributed by atoms with Gasteiger partial charge in [0.25, 0.3) is 0 Å². The Bertz CT molecular complexity index is 1620. The van der Waals surface area contributed by atoms with Gasteiger partial charge in [-0.3, -0.25) is 9.59 Å². The molecule has 0 heterocycles. The summed E-state index contributed by atoms with van der Waals surface area (Å²) in [5.74, 6) is -0.0418. The number of allylic oxidation sites excluding steroid dienone is 7. The average molecular weight is 1360 g/mol. The summed E-state index contributed by atoms with van der Waals surface area (Å²) in [5.41, 5.74) is 0. The molecular weight excluding hydrogens is 1190 g/mol. The Morgan fingerprint density at radius 1 is 0.289 bits per heavy atom. The van der Waals surface area contributed by atoms with Gasteiger partial charge >= 0.3 is 5.97 Å². The number of aliphatic hydroxyl groups excluding tert-OH is 2. The van der Waals surface area contributed by atoms with E-state index in [0.29, 0.717) is 19.4 Å². The van der Waals surface area contributed by atoms with Crippen molar-refractivity contribution >= 4 is 11.9 Å². The zero-order valence-electron chi connectivity index (χ0n) is 65.8. The summed E-state index contributed by atoms with van der Waals surface area (Å²) in [5, 5.41) is 23.3.